The van der Waals surface area contributed by atoms with Crippen molar-refractivity contribution < 1.29 is 18.0 Å². The number of nitrogens with one attached hydrogen (secondary N) is 2. The maximum absolute atomic E-state index is 13.7. The number of amides is 1. The molecule has 0 saturated heterocycles. The molecule has 0 unspecified atom stereocenters. The highest BCUT2D eigenvalue weighted by atomic mass is 19.2. The minimum Gasteiger partial charge on any atom is -0.322 e. The van der Waals surface area contributed by atoms with Crippen LogP contribution >= 0.6 is 0 Å². The summed E-state index contributed by atoms with van der Waals surface area (Å²) in [6.07, 6.45) is 2.48. The Hall–Kier alpha value is -3.42. The fourth-order valence-electron chi connectivity index (χ4n) is 2.40. The zero-order valence-corrected chi connectivity index (χ0v) is 14.5. The van der Waals surface area contributed by atoms with Gasteiger partial charge in [0.2, 0.25) is 5.95 Å². The summed E-state index contributed by atoms with van der Waals surface area (Å²) in [5, 5.41) is 5.19. The fraction of sp³-hybridized carbons (Fsp3) is 0.105. The molecule has 2 aromatic carbocycles. The molecule has 0 atom stereocenters. The standard InChI is InChI=1S/C19H15F3N4O/c1-10-3-5-14(11(2)7-10)25-18(27)12-8-23-19(24-9-12)26-15-6-4-13(20)16(21)17(15)22/h3-9H,1-2H3,(H,25,27)(H,23,24,26). The van der Waals surface area contributed by atoms with E-state index in [1.807, 2.05) is 26.0 Å². The molecule has 0 radical (unpaired) electrons. The Balaban J connectivity index is 1.73. The molecular formula is C19H15F3N4O. The number of aromatic nitrogens is 2. The van der Waals surface area contributed by atoms with Gasteiger partial charge in [-0.05, 0) is 37.6 Å². The van der Waals surface area contributed by atoms with Gasteiger partial charge in [-0.2, -0.15) is 0 Å². The van der Waals surface area contributed by atoms with Crippen molar-refractivity contribution in [1.82, 2.24) is 9.97 Å². The van der Waals surface area contributed by atoms with Crippen LogP contribution in [0.1, 0.15) is 21.5 Å². The van der Waals surface area contributed by atoms with Gasteiger partial charge in [0, 0.05) is 18.1 Å². The quantitative estimate of drug-likeness (QED) is 0.662. The van der Waals surface area contributed by atoms with Crippen molar-refractivity contribution in [3.8, 4) is 0 Å². The van der Waals surface area contributed by atoms with Crippen molar-refractivity contribution >= 4 is 23.2 Å². The van der Waals surface area contributed by atoms with Crippen LogP contribution in [-0.4, -0.2) is 15.9 Å². The van der Waals surface area contributed by atoms with Gasteiger partial charge in [0.25, 0.3) is 5.91 Å². The average molecular weight is 372 g/mol. The van der Waals surface area contributed by atoms with Gasteiger partial charge in [-0.1, -0.05) is 17.7 Å². The second kappa shape index (κ2) is 7.45. The smallest absolute Gasteiger partial charge is 0.258 e. The van der Waals surface area contributed by atoms with Crippen LogP contribution in [-0.2, 0) is 0 Å². The van der Waals surface area contributed by atoms with Gasteiger partial charge in [0.05, 0.1) is 11.3 Å². The lowest BCUT2D eigenvalue weighted by Crippen LogP contribution is -2.14. The summed E-state index contributed by atoms with van der Waals surface area (Å²) in [6.45, 7) is 3.83. The van der Waals surface area contributed by atoms with Crippen LogP contribution in [0.2, 0.25) is 0 Å². The van der Waals surface area contributed by atoms with E-state index < -0.39 is 23.4 Å². The van der Waals surface area contributed by atoms with E-state index in [4.69, 9.17) is 0 Å². The van der Waals surface area contributed by atoms with Crippen LogP contribution in [0.15, 0.2) is 42.7 Å². The Bertz CT molecular complexity index is 1010. The highest BCUT2D eigenvalue weighted by molar-refractivity contribution is 6.04. The van der Waals surface area contributed by atoms with Gasteiger partial charge >= 0.3 is 0 Å². The van der Waals surface area contributed by atoms with Crippen LogP contribution in [0.5, 0.6) is 0 Å². The Morgan fingerprint density at radius 1 is 0.926 bits per heavy atom. The molecule has 0 spiro atoms. The van der Waals surface area contributed by atoms with E-state index in [9.17, 15) is 18.0 Å². The van der Waals surface area contributed by atoms with Crippen molar-refractivity contribution in [1.29, 1.82) is 0 Å². The van der Waals surface area contributed by atoms with Gasteiger partial charge in [-0.25, -0.2) is 23.1 Å². The van der Waals surface area contributed by atoms with Crippen molar-refractivity contribution in [3.05, 3.63) is 76.9 Å². The topological polar surface area (TPSA) is 66.9 Å². The van der Waals surface area contributed by atoms with Crippen LogP contribution in [0.25, 0.3) is 0 Å². The summed E-state index contributed by atoms with van der Waals surface area (Å²) in [5.41, 5.74) is 2.52. The van der Waals surface area contributed by atoms with Crippen LogP contribution < -0.4 is 10.6 Å². The van der Waals surface area contributed by atoms with E-state index in [2.05, 4.69) is 20.6 Å². The maximum Gasteiger partial charge on any atom is 0.258 e. The zero-order chi connectivity index (χ0) is 19.6. The van der Waals surface area contributed by atoms with Crippen molar-refractivity contribution in [2.24, 2.45) is 0 Å². The van der Waals surface area contributed by atoms with E-state index in [1.165, 1.54) is 12.4 Å². The molecule has 1 amide bonds. The predicted octanol–water partition coefficient (Wildman–Crippen LogP) is 4.51. The number of hydrogen-bond acceptors (Lipinski definition) is 4. The van der Waals surface area contributed by atoms with E-state index in [-0.39, 0.29) is 17.2 Å². The number of rotatable bonds is 4. The molecule has 0 saturated carbocycles. The minimum atomic E-state index is -1.59. The summed E-state index contributed by atoms with van der Waals surface area (Å²) >= 11 is 0. The number of carbonyl (C=O) groups excluding carboxylic acids is 1. The van der Waals surface area contributed by atoms with Crippen LogP contribution in [0, 0.1) is 31.3 Å². The molecule has 3 rings (SSSR count). The number of aryl methyl sites for hydroxylation is 2. The molecule has 2 N–H and O–H groups in total. The first-order chi connectivity index (χ1) is 12.8. The normalized spacial score (nSPS) is 10.6. The lowest BCUT2D eigenvalue weighted by Gasteiger charge is -2.10. The first kappa shape index (κ1) is 18.4. The number of halogens is 3. The van der Waals surface area contributed by atoms with E-state index in [0.717, 1.165) is 23.3 Å². The molecule has 5 nitrogen and oxygen atoms in total. The molecule has 27 heavy (non-hydrogen) atoms. The van der Waals surface area contributed by atoms with Gasteiger partial charge in [0.15, 0.2) is 17.5 Å². The Morgan fingerprint density at radius 2 is 1.59 bits per heavy atom. The summed E-state index contributed by atoms with van der Waals surface area (Å²) in [6, 6.07) is 7.42. The van der Waals surface area contributed by atoms with Crippen LogP contribution in [0.4, 0.5) is 30.5 Å². The van der Waals surface area contributed by atoms with Crippen molar-refractivity contribution in [2.75, 3.05) is 10.6 Å². The summed E-state index contributed by atoms with van der Waals surface area (Å²) < 4.78 is 39.9. The van der Waals surface area contributed by atoms with Crippen LogP contribution in [0.3, 0.4) is 0 Å². The van der Waals surface area contributed by atoms with E-state index >= 15 is 0 Å². The molecular weight excluding hydrogens is 357 g/mol. The SMILES string of the molecule is Cc1ccc(NC(=O)c2cnc(Nc3ccc(F)c(F)c3F)nc2)c(C)c1. The van der Waals surface area contributed by atoms with E-state index in [0.29, 0.717) is 5.69 Å². The molecule has 0 aliphatic heterocycles. The Morgan fingerprint density at radius 3 is 2.26 bits per heavy atom. The molecule has 1 heterocycles. The van der Waals surface area contributed by atoms with Gasteiger partial charge in [-0.15, -0.1) is 0 Å². The number of nitrogens with zero attached hydrogens (tertiary/aromatic N) is 2. The second-order valence-electron chi connectivity index (χ2n) is 5.92. The third kappa shape index (κ3) is 4.05. The lowest BCUT2D eigenvalue weighted by atomic mass is 10.1. The molecule has 0 aliphatic carbocycles. The maximum atomic E-state index is 13.7. The monoisotopic (exact) mass is 372 g/mol. The average Bonchev–Trinajstić information content (AvgIpc) is 2.65. The highest BCUT2D eigenvalue weighted by Crippen LogP contribution is 2.22. The molecule has 3 aromatic rings. The molecule has 1 aromatic heterocycles. The third-order valence-electron chi connectivity index (χ3n) is 3.83. The van der Waals surface area contributed by atoms with Crippen molar-refractivity contribution in [3.63, 3.8) is 0 Å². The summed E-state index contributed by atoms with van der Waals surface area (Å²) in [5.74, 6) is -4.74. The number of benzene rings is 2. The lowest BCUT2D eigenvalue weighted by molar-refractivity contribution is 0.102. The molecule has 0 aliphatic rings. The third-order valence-corrected chi connectivity index (χ3v) is 3.83. The predicted molar refractivity (Wildman–Crippen MR) is 95.5 cm³/mol. The van der Waals surface area contributed by atoms with Gasteiger partial charge in [-0.3, -0.25) is 4.79 Å². The fourth-order valence-corrected chi connectivity index (χ4v) is 2.40. The summed E-state index contributed by atoms with van der Waals surface area (Å²) in [4.78, 5) is 20.1. The number of hydrogen-bond donors (Lipinski definition) is 2. The first-order valence-electron chi connectivity index (χ1n) is 7.96. The number of carbonyl (C=O) groups is 1. The molecule has 0 fully saturated rings. The number of anilines is 3. The minimum absolute atomic E-state index is 0.0667. The Kier molecular flexibility index (Phi) is 5.07. The molecule has 8 heteroatoms. The van der Waals surface area contributed by atoms with Gasteiger partial charge in [0.1, 0.15) is 0 Å². The Labute approximate surface area is 153 Å². The zero-order valence-electron chi connectivity index (χ0n) is 14.5. The first-order valence-corrected chi connectivity index (χ1v) is 7.96. The van der Waals surface area contributed by atoms with E-state index in [1.54, 1.807) is 6.07 Å². The second-order valence-corrected chi connectivity index (χ2v) is 5.92. The molecule has 0 bridgehead atoms. The molecule has 138 valence electrons. The summed E-state index contributed by atoms with van der Waals surface area (Å²) in [7, 11) is 0. The van der Waals surface area contributed by atoms with Crippen molar-refractivity contribution in [2.45, 2.75) is 13.8 Å². The highest BCUT2D eigenvalue weighted by Gasteiger charge is 2.15. The largest absolute Gasteiger partial charge is 0.322 e. The van der Waals surface area contributed by atoms with Gasteiger partial charge < -0.3 is 10.6 Å².